The van der Waals surface area contributed by atoms with Gasteiger partial charge in [0.15, 0.2) is 0 Å². The Morgan fingerprint density at radius 1 is 1.39 bits per heavy atom. The lowest BCUT2D eigenvalue weighted by molar-refractivity contribution is -0.118. The van der Waals surface area contributed by atoms with E-state index < -0.39 is 5.97 Å². The summed E-state index contributed by atoms with van der Waals surface area (Å²) in [6.07, 6.45) is 5.60. The summed E-state index contributed by atoms with van der Waals surface area (Å²) in [5.74, 6) is -1.20. The molecule has 1 atom stereocenters. The number of hydrogen-bond donors (Lipinski definition) is 3. The van der Waals surface area contributed by atoms with Gasteiger partial charge in [0.1, 0.15) is 0 Å². The molecule has 0 aliphatic carbocycles. The molecule has 2 heterocycles. The number of aromatic nitrogens is 1. The zero-order valence-electron chi connectivity index (χ0n) is 9.85. The first-order valence-electron chi connectivity index (χ1n) is 5.89. The number of nitrogens with zero attached hydrogens (tertiary/aromatic N) is 1. The summed E-state index contributed by atoms with van der Waals surface area (Å²) in [5, 5.41) is 14.6. The maximum Gasteiger partial charge on any atom is 0.337 e. The molecule has 0 saturated carbocycles. The number of anilines is 1. The quantitative estimate of drug-likeness (QED) is 0.739. The molecular weight excluding hydrogens is 234 g/mol. The van der Waals surface area contributed by atoms with Gasteiger partial charge >= 0.3 is 5.97 Å². The minimum Gasteiger partial charge on any atom is -0.478 e. The van der Waals surface area contributed by atoms with E-state index in [1.165, 1.54) is 18.5 Å². The van der Waals surface area contributed by atoms with E-state index in [2.05, 4.69) is 15.6 Å². The lowest BCUT2D eigenvalue weighted by Gasteiger charge is -2.22. The van der Waals surface area contributed by atoms with Gasteiger partial charge in [-0.05, 0) is 25.5 Å². The van der Waals surface area contributed by atoms with E-state index in [0.717, 1.165) is 25.8 Å². The topological polar surface area (TPSA) is 91.3 Å². The van der Waals surface area contributed by atoms with Gasteiger partial charge in [0.2, 0.25) is 5.91 Å². The molecular formula is C12H15N3O3. The molecule has 96 valence electrons. The Morgan fingerprint density at radius 2 is 2.22 bits per heavy atom. The average molecular weight is 249 g/mol. The molecule has 18 heavy (non-hydrogen) atoms. The van der Waals surface area contributed by atoms with Gasteiger partial charge in [-0.2, -0.15) is 0 Å². The fourth-order valence-electron chi connectivity index (χ4n) is 1.93. The zero-order chi connectivity index (χ0) is 13.0. The molecule has 0 bridgehead atoms. The Kier molecular flexibility index (Phi) is 3.88. The molecule has 1 amide bonds. The van der Waals surface area contributed by atoms with Gasteiger partial charge in [0, 0.05) is 6.20 Å². The molecule has 1 aliphatic heterocycles. The molecule has 1 saturated heterocycles. The van der Waals surface area contributed by atoms with Crippen molar-refractivity contribution in [3.63, 3.8) is 0 Å². The average Bonchev–Trinajstić information content (AvgIpc) is 2.40. The number of amides is 1. The monoisotopic (exact) mass is 249 g/mol. The summed E-state index contributed by atoms with van der Waals surface area (Å²) >= 11 is 0. The standard InChI is InChI=1S/C12H15N3O3/c16-11(10-3-1-2-4-14-10)15-9-5-8(12(17)18)6-13-7-9/h5-7,10,14H,1-4H2,(H,15,16)(H,17,18)/t10-/m0/s1. The fourth-order valence-corrected chi connectivity index (χ4v) is 1.93. The van der Waals surface area contributed by atoms with Crippen molar-refractivity contribution in [3.8, 4) is 0 Å². The summed E-state index contributed by atoms with van der Waals surface area (Å²) in [6.45, 7) is 0.839. The Balaban J connectivity index is 2.02. The smallest absolute Gasteiger partial charge is 0.337 e. The Hall–Kier alpha value is -1.95. The second kappa shape index (κ2) is 5.59. The molecule has 0 aromatic carbocycles. The van der Waals surface area contributed by atoms with Crippen LogP contribution in [-0.4, -0.2) is 34.6 Å². The second-order valence-electron chi connectivity index (χ2n) is 4.26. The van der Waals surface area contributed by atoms with Crippen molar-refractivity contribution in [3.05, 3.63) is 24.0 Å². The van der Waals surface area contributed by atoms with Crippen LogP contribution in [0.5, 0.6) is 0 Å². The lowest BCUT2D eigenvalue weighted by atomic mass is 10.0. The van der Waals surface area contributed by atoms with E-state index in [9.17, 15) is 9.59 Å². The number of carbonyl (C=O) groups excluding carboxylic acids is 1. The molecule has 1 aromatic rings. The summed E-state index contributed by atoms with van der Waals surface area (Å²) in [5.41, 5.74) is 0.469. The third-order valence-electron chi connectivity index (χ3n) is 2.88. The van der Waals surface area contributed by atoms with Crippen LogP contribution in [0.15, 0.2) is 18.5 Å². The van der Waals surface area contributed by atoms with Gasteiger partial charge < -0.3 is 15.7 Å². The number of pyridine rings is 1. The molecule has 6 heteroatoms. The molecule has 6 nitrogen and oxygen atoms in total. The minimum absolute atomic E-state index is 0.0596. The molecule has 0 radical (unpaired) electrons. The van der Waals surface area contributed by atoms with E-state index in [-0.39, 0.29) is 17.5 Å². The van der Waals surface area contributed by atoms with E-state index >= 15 is 0 Å². The number of aromatic carboxylic acids is 1. The van der Waals surface area contributed by atoms with Crippen LogP contribution in [0.2, 0.25) is 0 Å². The summed E-state index contributed by atoms with van der Waals surface area (Å²) in [6, 6.07) is 1.20. The van der Waals surface area contributed by atoms with Crippen LogP contribution in [0.4, 0.5) is 5.69 Å². The van der Waals surface area contributed by atoms with Gasteiger partial charge in [-0.25, -0.2) is 4.79 Å². The van der Waals surface area contributed by atoms with Gasteiger partial charge in [-0.1, -0.05) is 6.42 Å². The van der Waals surface area contributed by atoms with E-state index in [0.29, 0.717) is 5.69 Å². The summed E-state index contributed by atoms with van der Waals surface area (Å²) in [4.78, 5) is 26.5. The number of hydrogen-bond acceptors (Lipinski definition) is 4. The van der Waals surface area contributed by atoms with Crippen molar-refractivity contribution >= 4 is 17.6 Å². The molecule has 1 aromatic heterocycles. The third kappa shape index (κ3) is 3.04. The summed E-state index contributed by atoms with van der Waals surface area (Å²) < 4.78 is 0. The van der Waals surface area contributed by atoms with Crippen molar-refractivity contribution < 1.29 is 14.7 Å². The Morgan fingerprint density at radius 3 is 2.89 bits per heavy atom. The van der Waals surface area contributed by atoms with Crippen LogP contribution in [0.25, 0.3) is 0 Å². The Bertz CT molecular complexity index is 456. The first-order valence-corrected chi connectivity index (χ1v) is 5.89. The second-order valence-corrected chi connectivity index (χ2v) is 4.26. The normalized spacial score (nSPS) is 19.2. The molecule has 1 aliphatic rings. The first kappa shape index (κ1) is 12.5. The number of carboxylic acid groups (broad SMARTS) is 1. The largest absolute Gasteiger partial charge is 0.478 e. The van der Waals surface area contributed by atoms with E-state index in [1.807, 2.05) is 0 Å². The molecule has 3 N–H and O–H groups in total. The predicted molar refractivity (Wildman–Crippen MR) is 65.5 cm³/mol. The van der Waals surface area contributed by atoms with Gasteiger partial charge in [0.05, 0.1) is 23.5 Å². The van der Waals surface area contributed by atoms with Crippen molar-refractivity contribution in [2.75, 3.05) is 11.9 Å². The van der Waals surface area contributed by atoms with Gasteiger partial charge in [0.25, 0.3) is 0 Å². The van der Waals surface area contributed by atoms with Crippen molar-refractivity contribution in [2.45, 2.75) is 25.3 Å². The van der Waals surface area contributed by atoms with Gasteiger partial charge in [-0.15, -0.1) is 0 Å². The SMILES string of the molecule is O=C(O)c1cncc(NC(=O)[C@@H]2CCCCN2)c1. The van der Waals surface area contributed by atoms with Crippen LogP contribution in [-0.2, 0) is 4.79 Å². The van der Waals surface area contributed by atoms with E-state index in [1.54, 1.807) is 0 Å². The molecule has 0 unspecified atom stereocenters. The number of carboxylic acids is 1. The maximum absolute atomic E-state index is 11.9. The van der Waals surface area contributed by atoms with Crippen molar-refractivity contribution in [1.82, 2.24) is 10.3 Å². The molecule has 0 spiro atoms. The number of carbonyl (C=O) groups is 2. The van der Waals surface area contributed by atoms with Crippen molar-refractivity contribution in [1.29, 1.82) is 0 Å². The van der Waals surface area contributed by atoms with E-state index in [4.69, 9.17) is 5.11 Å². The first-order chi connectivity index (χ1) is 8.66. The minimum atomic E-state index is -1.06. The highest BCUT2D eigenvalue weighted by atomic mass is 16.4. The predicted octanol–water partition coefficient (Wildman–Crippen LogP) is 0.860. The maximum atomic E-state index is 11.9. The van der Waals surface area contributed by atoms with Crippen LogP contribution in [0, 0.1) is 0 Å². The van der Waals surface area contributed by atoms with Crippen molar-refractivity contribution in [2.24, 2.45) is 0 Å². The number of rotatable bonds is 3. The van der Waals surface area contributed by atoms with Gasteiger partial charge in [-0.3, -0.25) is 9.78 Å². The zero-order valence-corrected chi connectivity index (χ0v) is 9.85. The summed E-state index contributed by atoms with van der Waals surface area (Å²) in [7, 11) is 0. The highest BCUT2D eigenvalue weighted by molar-refractivity contribution is 5.96. The van der Waals surface area contributed by atoms with Crippen LogP contribution >= 0.6 is 0 Å². The molecule has 1 fully saturated rings. The Labute approximate surface area is 104 Å². The fraction of sp³-hybridized carbons (Fsp3) is 0.417. The highest BCUT2D eigenvalue weighted by Gasteiger charge is 2.20. The number of piperidine rings is 1. The van der Waals surface area contributed by atoms with Crippen LogP contribution in [0.1, 0.15) is 29.6 Å². The number of nitrogens with one attached hydrogen (secondary N) is 2. The highest BCUT2D eigenvalue weighted by Crippen LogP contribution is 2.12. The third-order valence-corrected chi connectivity index (χ3v) is 2.88. The van der Waals surface area contributed by atoms with Crippen LogP contribution in [0.3, 0.4) is 0 Å². The molecule has 2 rings (SSSR count). The van der Waals surface area contributed by atoms with Crippen LogP contribution < -0.4 is 10.6 Å². The lowest BCUT2D eigenvalue weighted by Crippen LogP contribution is -2.43.